The molecule has 2 aliphatic rings. The fourth-order valence-corrected chi connectivity index (χ4v) is 4.13. The quantitative estimate of drug-likeness (QED) is 0.438. The Morgan fingerprint density at radius 1 is 0.929 bits per heavy atom. The molecule has 5 nitrogen and oxygen atoms in total. The fraction of sp³-hybridized carbons (Fsp3) is 0.348. The molecule has 2 aromatic rings. The van der Waals surface area contributed by atoms with Gasteiger partial charge in [-0.15, -0.1) is 0 Å². The maximum Gasteiger partial charge on any atom is 0.350 e. The molecule has 0 bridgehead atoms. The number of carbonyl (C=O) groups is 3. The van der Waals surface area contributed by atoms with Crippen LogP contribution in [0.1, 0.15) is 52.1 Å². The number of epoxide rings is 1. The molecule has 5 heteroatoms. The van der Waals surface area contributed by atoms with Gasteiger partial charge in [-0.1, -0.05) is 61.9 Å². The molecule has 1 heterocycles. The Morgan fingerprint density at radius 2 is 1.54 bits per heavy atom. The predicted molar refractivity (Wildman–Crippen MR) is 102 cm³/mol. The number of hydrogen-bond donors (Lipinski definition) is 0. The van der Waals surface area contributed by atoms with Gasteiger partial charge >= 0.3 is 5.97 Å². The summed E-state index contributed by atoms with van der Waals surface area (Å²) in [5.41, 5.74) is -0.854. The summed E-state index contributed by atoms with van der Waals surface area (Å²) in [5, 5.41) is 0. The van der Waals surface area contributed by atoms with Crippen LogP contribution in [0.25, 0.3) is 0 Å². The molecule has 0 spiro atoms. The van der Waals surface area contributed by atoms with Crippen LogP contribution in [0.5, 0.6) is 0 Å². The van der Waals surface area contributed by atoms with E-state index in [2.05, 4.69) is 6.92 Å². The Labute approximate surface area is 163 Å². The molecule has 0 aromatic heterocycles. The molecule has 0 unspecified atom stereocenters. The number of benzene rings is 2. The van der Waals surface area contributed by atoms with Crippen LogP contribution >= 0.6 is 0 Å². The highest BCUT2D eigenvalue weighted by atomic mass is 16.7. The molecule has 1 saturated heterocycles. The van der Waals surface area contributed by atoms with Gasteiger partial charge in [0.15, 0.2) is 11.4 Å². The van der Waals surface area contributed by atoms with Gasteiger partial charge in [-0.3, -0.25) is 9.59 Å². The normalized spacial score (nSPS) is 25.1. The lowest BCUT2D eigenvalue weighted by Crippen LogP contribution is -2.51. The van der Waals surface area contributed by atoms with E-state index in [0.29, 0.717) is 5.56 Å². The summed E-state index contributed by atoms with van der Waals surface area (Å²) in [6.45, 7) is 3.88. The van der Waals surface area contributed by atoms with E-state index < -0.39 is 23.0 Å². The van der Waals surface area contributed by atoms with Crippen molar-refractivity contribution in [3.63, 3.8) is 0 Å². The highest BCUT2D eigenvalue weighted by molar-refractivity contribution is 6.32. The topological polar surface area (TPSA) is 73.0 Å². The Kier molecular flexibility index (Phi) is 4.42. The number of hydrogen-bond acceptors (Lipinski definition) is 5. The predicted octanol–water partition coefficient (Wildman–Crippen LogP) is 3.33. The van der Waals surface area contributed by atoms with Crippen LogP contribution in [0.15, 0.2) is 48.5 Å². The first kappa shape index (κ1) is 18.6. The van der Waals surface area contributed by atoms with Gasteiger partial charge in [-0.25, -0.2) is 4.79 Å². The van der Waals surface area contributed by atoms with Crippen LogP contribution < -0.4 is 0 Å². The van der Waals surface area contributed by atoms with E-state index in [1.807, 2.05) is 24.3 Å². The van der Waals surface area contributed by atoms with Crippen molar-refractivity contribution in [3.8, 4) is 0 Å². The highest BCUT2D eigenvalue weighted by Gasteiger charge is 2.85. The number of ketones is 2. The minimum absolute atomic E-state index is 0.106. The van der Waals surface area contributed by atoms with Gasteiger partial charge in [-0.05, 0) is 24.5 Å². The summed E-state index contributed by atoms with van der Waals surface area (Å²) in [7, 11) is 0. The first-order valence-electron chi connectivity index (χ1n) is 9.64. The van der Waals surface area contributed by atoms with Crippen LogP contribution in [0, 0.1) is 0 Å². The number of ether oxygens (including phenoxy) is 2. The summed E-state index contributed by atoms with van der Waals surface area (Å²) in [6.07, 6.45) is 2.17. The third kappa shape index (κ3) is 2.46. The average molecular weight is 378 g/mol. The third-order valence-corrected chi connectivity index (χ3v) is 5.53. The maximum atomic E-state index is 13.3. The number of Topliss-reactive ketones (excluding diaryl/α,β-unsaturated/α-hetero) is 2. The second kappa shape index (κ2) is 6.67. The van der Waals surface area contributed by atoms with Gasteiger partial charge in [0.1, 0.15) is 0 Å². The van der Waals surface area contributed by atoms with Crippen molar-refractivity contribution in [1.29, 1.82) is 0 Å². The molecular formula is C23H22O5. The molecule has 1 fully saturated rings. The molecule has 28 heavy (non-hydrogen) atoms. The van der Waals surface area contributed by atoms with E-state index in [9.17, 15) is 14.4 Å². The molecular weight excluding hydrogens is 356 g/mol. The molecule has 144 valence electrons. The molecule has 0 radical (unpaired) electrons. The summed E-state index contributed by atoms with van der Waals surface area (Å²) >= 11 is 0. The molecule has 1 aliphatic carbocycles. The lowest BCUT2D eigenvalue weighted by atomic mass is 9.71. The molecule has 2 aromatic carbocycles. The fourth-order valence-electron chi connectivity index (χ4n) is 4.13. The van der Waals surface area contributed by atoms with Gasteiger partial charge in [0.25, 0.3) is 5.60 Å². The van der Waals surface area contributed by atoms with E-state index in [1.165, 1.54) is 5.56 Å². The molecule has 0 amide bonds. The SMILES string of the molecule is CCCc1ccc(C[C@]23O[C@@]2(C(=O)OCC)C(=O)c2ccccc2C3=O)cc1. The Morgan fingerprint density at radius 3 is 2.14 bits per heavy atom. The minimum atomic E-state index is -1.88. The zero-order chi connectivity index (χ0) is 19.9. The van der Waals surface area contributed by atoms with Gasteiger partial charge in [0.05, 0.1) is 6.61 Å². The average Bonchev–Trinajstić information content (AvgIpc) is 3.40. The molecule has 0 N–H and O–H groups in total. The van der Waals surface area contributed by atoms with Gasteiger partial charge < -0.3 is 9.47 Å². The van der Waals surface area contributed by atoms with Crippen molar-refractivity contribution in [1.82, 2.24) is 0 Å². The van der Waals surface area contributed by atoms with Crippen molar-refractivity contribution < 1.29 is 23.9 Å². The Balaban J connectivity index is 1.76. The molecule has 4 rings (SSSR count). The largest absolute Gasteiger partial charge is 0.463 e. The van der Waals surface area contributed by atoms with E-state index >= 15 is 0 Å². The van der Waals surface area contributed by atoms with Crippen molar-refractivity contribution in [2.24, 2.45) is 0 Å². The molecule has 0 saturated carbocycles. The second-order valence-corrected chi connectivity index (χ2v) is 7.28. The van der Waals surface area contributed by atoms with Gasteiger partial charge in [0, 0.05) is 17.5 Å². The number of carbonyl (C=O) groups excluding carboxylic acids is 3. The second-order valence-electron chi connectivity index (χ2n) is 7.28. The lowest BCUT2D eigenvalue weighted by molar-refractivity contribution is -0.147. The van der Waals surface area contributed by atoms with Crippen LogP contribution in [0.3, 0.4) is 0 Å². The standard InChI is InChI=1S/C23H22O5/c1-3-7-15-10-12-16(13-11-15)14-22-19(24)17-8-5-6-9-18(17)20(25)23(22,28-22)21(26)27-4-2/h5-6,8-13H,3-4,7,14H2,1-2H3/t22-,23-/m1/s1. The first-order chi connectivity index (χ1) is 13.5. The number of fused-ring (bicyclic) bond motifs is 2. The van der Waals surface area contributed by atoms with E-state index in [-0.39, 0.29) is 24.4 Å². The Hall–Kier alpha value is -2.79. The van der Waals surface area contributed by atoms with Crippen molar-refractivity contribution in [3.05, 3.63) is 70.8 Å². The maximum absolute atomic E-state index is 13.3. The van der Waals surface area contributed by atoms with E-state index in [4.69, 9.17) is 9.47 Å². The number of rotatable bonds is 6. The summed E-state index contributed by atoms with van der Waals surface area (Å²) in [5.74, 6) is -1.62. The summed E-state index contributed by atoms with van der Waals surface area (Å²) < 4.78 is 10.9. The van der Waals surface area contributed by atoms with Crippen LogP contribution in [0.4, 0.5) is 0 Å². The summed E-state index contributed by atoms with van der Waals surface area (Å²) in [4.78, 5) is 39.3. The van der Waals surface area contributed by atoms with Crippen molar-refractivity contribution in [2.75, 3.05) is 6.61 Å². The van der Waals surface area contributed by atoms with Crippen molar-refractivity contribution >= 4 is 17.5 Å². The smallest absolute Gasteiger partial charge is 0.350 e. The van der Waals surface area contributed by atoms with E-state index in [1.54, 1.807) is 31.2 Å². The van der Waals surface area contributed by atoms with Crippen LogP contribution in [-0.2, 0) is 27.1 Å². The lowest BCUT2D eigenvalue weighted by Gasteiger charge is -2.23. The number of esters is 1. The van der Waals surface area contributed by atoms with Crippen LogP contribution in [-0.4, -0.2) is 35.3 Å². The number of aryl methyl sites for hydroxylation is 1. The third-order valence-electron chi connectivity index (χ3n) is 5.53. The minimum Gasteiger partial charge on any atom is -0.463 e. The first-order valence-corrected chi connectivity index (χ1v) is 9.64. The zero-order valence-electron chi connectivity index (χ0n) is 16.0. The highest BCUT2D eigenvalue weighted by Crippen LogP contribution is 2.57. The molecule has 2 atom stereocenters. The summed E-state index contributed by atoms with van der Waals surface area (Å²) in [6, 6.07) is 14.4. The zero-order valence-corrected chi connectivity index (χ0v) is 16.0. The molecule has 1 aliphatic heterocycles. The van der Waals surface area contributed by atoms with Gasteiger partial charge in [0.2, 0.25) is 5.78 Å². The monoisotopic (exact) mass is 378 g/mol. The Bertz CT molecular complexity index is 961. The van der Waals surface area contributed by atoms with Crippen LogP contribution in [0.2, 0.25) is 0 Å². The van der Waals surface area contributed by atoms with Gasteiger partial charge in [-0.2, -0.15) is 0 Å². The van der Waals surface area contributed by atoms with Crippen molar-refractivity contribution in [2.45, 2.75) is 44.3 Å². The van der Waals surface area contributed by atoms with E-state index in [0.717, 1.165) is 18.4 Å².